The van der Waals surface area contributed by atoms with E-state index in [9.17, 15) is 19.5 Å². The van der Waals surface area contributed by atoms with E-state index in [1.54, 1.807) is 0 Å². The van der Waals surface area contributed by atoms with E-state index in [0.29, 0.717) is 45.2 Å². The van der Waals surface area contributed by atoms with Crippen LogP contribution in [0.2, 0.25) is 0 Å². The molecule has 10 nitrogen and oxygen atoms in total. The quantitative estimate of drug-likeness (QED) is 0.115. The van der Waals surface area contributed by atoms with Crippen LogP contribution in [0, 0.1) is 0 Å². The van der Waals surface area contributed by atoms with Crippen LogP contribution in [0.5, 0.6) is 0 Å². The van der Waals surface area contributed by atoms with Gasteiger partial charge in [0.1, 0.15) is 11.6 Å². The highest BCUT2D eigenvalue weighted by Gasteiger charge is 2.39. The molecule has 2 heterocycles. The molecule has 5 rings (SSSR count). The number of carbonyl (C=O) groups is 3. The van der Waals surface area contributed by atoms with Gasteiger partial charge in [0.15, 0.2) is 6.29 Å². The van der Waals surface area contributed by atoms with Crippen molar-refractivity contribution in [1.82, 2.24) is 10.2 Å². The van der Waals surface area contributed by atoms with Gasteiger partial charge in [-0.1, -0.05) is 67.1 Å². The van der Waals surface area contributed by atoms with Crippen molar-refractivity contribution < 1.29 is 38.8 Å². The second-order valence-electron chi connectivity index (χ2n) is 14.6. The van der Waals surface area contributed by atoms with Crippen LogP contribution in [0.3, 0.4) is 0 Å². The summed E-state index contributed by atoms with van der Waals surface area (Å²) < 4.78 is 19.1. The minimum Gasteiger partial charge on any atom is -0.481 e. The van der Waals surface area contributed by atoms with Crippen LogP contribution in [-0.4, -0.2) is 63.8 Å². The van der Waals surface area contributed by atoms with Crippen LogP contribution < -0.4 is 5.32 Å². The monoisotopic (exact) mass is 700 g/mol. The number of amides is 1. The van der Waals surface area contributed by atoms with Crippen molar-refractivity contribution in [2.75, 3.05) is 13.1 Å². The Kier molecular flexibility index (Phi) is 13.4. The molecule has 1 amide bonds. The first kappa shape index (κ1) is 38.1. The summed E-state index contributed by atoms with van der Waals surface area (Å²) in [6, 6.07) is 23.7. The second kappa shape index (κ2) is 17.9. The Labute approximate surface area is 301 Å². The number of nitrogens with one attached hydrogen (secondary N) is 1. The Hall–Kier alpha value is -4.09. The number of hydrogen-bond acceptors (Lipinski definition) is 8. The summed E-state index contributed by atoms with van der Waals surface area (Å²) in [6.45, 7) is 7.41. The number of hydrogen-bond donors (Lipinski definition) is 3. The van der Waals surface area contributed by atoms with Crippen LogP contribution in [0.1, 0.15) is 107 Å². The topological polar surface area (TPSA) is 135 Å². The lowest BCUT2D eigenvalue weighted by molar-refractivity contribution is -0.253. The minimum atomic E-state index is -0.811. The Bertz CT molecular complexity index is 1620. The SMILES string of the molecule is CC(C)(C)OC(=O)[C@@H]1CCCN1C[C@H]1C[C@@H](c2ccc(CO)cc2)O[C@@H](c2cccc(-c3cccc(CNC(=O)CCCCCC(=O)O)c3)c2)O1. The Morgan fingerprint density at radius 2 is 1.61 bits per heavy atom. The highest BCUT2D eigenvalue weighted by Crippen LogP contribution is 2.39. The summed E-state index contributed by atoms with van der Waals surface area (Å²) in [7, 11) is 0. The van der Waals surface area contributed by atoms with Crippen molar-refractivity contribution >= 4 is 17.8 Å². The van der Waals surface area contributed by atoms with E-state index < -0.39 is 17.9 Å². The number of carboxylic acid groups (broad SMARTS) is 1. The molecule has 3 aromatic rings. The van der Waals surface area contributed by atoms with E-state index in [4.69, 9.17) is 19.3 Å². The summed E-state index contributed by atoms with van der Waals surface area (Å²) in [5.41, 5.74) is 5.11. The van der Waals surface area contributed by atoms with E-state index in [0.717, 1.165) is 52.8 Å². The summed E-state index contributed by atoms with van der Waals surface area (Å²) in [4.78, 5) is 38.4. The van der Waals surface area contributed by atoms with Gasteiger partial charge in [0.2, 0.25) is 5.91 Å². The lowest BCUT2D eigenvalue weighted by Crippen LogP contribution is -2.45. The molecule has 0 saturated carbocycles. The van der Waals surface area contributed by atoms with Crippen molar-refractivity contribution in [3.05, 3.63) is 95.1 Å². The number of benzene rings is 3. The fraction of sp³-hybridized carbons (Fsp3) is 0.488. The van der Waals surface area contributed by atoms with Crippen molar-refractivity contribution in [2.45, 2.75) is 115 Å². The molecule has 51 heavy (non-hydrogen) atoms. The standard InChI is InChI=1S/C41H52N2O8/c1-41(2,3)51-39(48)35-14-9-21-43(35)26-34-24-36(30-19-17-28(27-44)18-20-30)50-40(49-34)33-13-8-12-32(23-33)31-11-7-10-29(22-31)25-42-37(45)15-5-4-6-16-38(46)47/h7-8,10-13,17-20,22-23,34-36,40,44H,4-6,9,14-16,21,24-27H2,1-3H3,(H,42,45)(H,46,47)/t34-,35+,36+,40+/m1/s1. The predicted molar refractivity (Wildman–Crippen MR) is 193 cm³/mol. The number of esters is 1. The zero-order valence-corrected chi connectivity index (χ0v) is 30.0. The number of rotatable bonds is 15. The van der Waals surface area contributed by atoms with Crippen LogP contribution in [0.25, 0.3) is 11.1 Å². The summed E-state index contributed by atoms with van der Waals surface area (Å²) in [5, 5.41) is 21.4. The van der Waals surface area contributed by atoms with Gasteiger partial charge in [-0.15, -0.1) is 0 Å². The minimum absolute atomic E-state index is 0.0300. The Balaban J connectivity index is 1.29. The third-order valence-electron chi connectivity index (χ3n) is 9.30. The molecular formula is C41H52N2O8. The lowest BCUT2D eigenvalue weighted by atomic mass is 9.98. The first-order chi connectivity index (χ1) is 24.5. The van der Waals surface area contributed by atoms with E-state index >= 15 is 0 Å². The van der Waals surface area contributed by atoms with Gasteiger partial charge in [0.25, 0.3) is 0 Å². The molecule has 0 radical (unpaired) electrons. The highest BCUT2D eigenvalue weighted by molar-refractivity contribution is 5.77. The fourth-order valence-electron chi connectivity index (χ4n) is 6.73. The molecule has 274 valence electrons. The first-order valence-corrected chi connectivity index (χ1v) is 18.1. The Morgan fingerprint density at radius 3 is 2.33 bits per heavy atom. The fourth-order valence-corrected chi connectivity index (χ4v) is 6.73. The van der Waals surface area contributed by atoms with Gasteiger partial charge in [-0.25, -0.2) is 0 Å². The number of unbranched alkanes of at least 4 members (excludes halogenated alkanes) is 2. The van der Waals surface area contributed by atoms with Gasteiger partial charge in [0.05, 0.1) is 18.8 Å². The maximum Gasteiger partial charge on any atom is 0.323 e. The summed E-state index contributed by atoms with van der Waals surface area (Å²) >= 11 is 0. The molecule has 2 fully saturated rings. The van der Waals surface area contributed by atoms with Crippen molar-refractivity contribution in [1.29, 1.82) is 0 Å². The smallest absolute Gasteiger partial charge is 0.323 e. The number of ether oxygens (including phenoxy) is 3. The molecule has 0 unspecified atom stereocenters. The summed E-state index contributed by atoms with van der Waals surface area (Å²) in [6.07, 6.45) is 3.63. The molecule has 0 aromatic heterocycles. The molecular weight excluding hydrogens is 648 g/mol. The average molecular weight is 701 g/mol. The highest BCUT2D eigenvalue weighted by atomic mass is 16.7. The van der Waals surface area contributed by atoms with Crippen molar-refractivity contribution in [3.63, 3.8) is 0 Å². The van der Waals surface area contributed by atoms with E-state index in [1.165, 1.54) is 0 Å². The molecule has 2 aliphatic rings. The van der Waals surface area contributed by atoms with Crippen LogP contribution in [0.15, 0.2) is 72.8 Å². The average Bonchev–Trinajstić information content (AvgIpc) is 3.58. The normalized spacial score (nSPS) is 20.9. The molecule has 0 bridgehead atoms. The molecule has 4 atom stereocenters. The van der Waals surface area contributed by atoms with E-state index in [-0.39, 0.29) is 43.2 Å². The lowest BCUT2D eigenvalue weighted by Gasteiger charge is -2.38. The maximum absolute atomic E-state index is 13.1. The summed E-state index contributed by atoms with van der Waals surface area (Å²) in [5.74, 6) is -1.05. The predicted octanol–water partition coefficient (Wildman–Crippen LogP) is 6.85. The van der Waals surface area contributed by atoms with Gasteiger partial charge in [-0.2, -0.15) is 0 Å². The van der Waals surface area contributed by atoms with Gasteiger partial charge in [-0.05, 0) is 92.9 Å². The number of aliphatic carboxylic acids is 1. The zero-order valence-electron chi connectivity index (χ0n) is 30.0. The first-order valence-electron chi connectivity index (χ1n) is 18.1. The number of carbonyl (C=O) groups excluding carboxylic acids is 2. The third-order valence-corrected chi connectivity index (χ3v) is 9.30. The molecule has 2 aliphatic heterocycles. The maximum atomic E-state index is 13.1. The number of likely N-dealkylation sites (tertiary alicyclic amines) is 1. The molecule has 10 heteroatoms. The van der Waals surface area contributed by atoms with Crippen molar-refractivity contribution in [2.24, 2.45) is 0 Å². The van der Waals surface area contributed by atoms with Crippen LogP contribution in [-0.2, 0) is 41.7 Å². The Morgan fingerprint density at radius 1 is 0.882 bits per heavy atom. The van der Waals surface area contributed by atoms with Gasteiger partial charge in [-0.3, -0.25) is 19.3 Å². The second-order valence-corrected chi connectivity index (χ2v) is 14.6. The van der Waals surface area contributed by atoms with Crippen LogP contribution in [0.4, 0.5) is 0 Å². The molecule has 0 spiro atoms. The zero-order chi connectivity index (χ0) is 36.4. The number of carboxylic acids is 1. The van der Waals surface area contributed by atoms with Crippen molar-refractivity contribution in [3.8, 4) is 11.1 Å². The van der Waals surface area contributed by atoms with Gasteiger partial charge in [0, 0.05) is 37.9 Å². The molecule has 0 aliphatic carbocycles. The van der Waals surface area contributed by atoms with Crippen LogP contribution >= 0.6 is 0 Å². The number of nitrogens with zero attached hydrogens (tertiary/aromatic N) is 1. The molecule has 3 aromatic carbocycles. The van der Waals surface area contributed by atoms with Gasteiger partial charge >= 0.3 is 11.9 Å². The number of aliphatic hydroxyl groups is 1. The van der Waals surface area contributed by atoms with Gasteiger partial charge < -0.3 is 29.7 Å². The van der Waals surface area contributed by atoms with E-state index in [2.05, 4.69) is 22.3 Å². The third kappa shape index (κ3) is 11.5. The number of aliphatic hydroxyl groups excluding tert-OH is 1. The molecule has 3 N–H and O–H groups in total. The van der Waals surface area contributed by atoms with E-state index in [1.807, 2.05) is 81.4 Å². The molecule has 2 saturated heterocycles. The largest absolute Gasteiger partial charge is 0.481 e.